The molecular weight excluding hydrogens is 215 g/mol. The molecule has 0 aromatic heterocycles. The van der Waals surface area contributed by atoms with Gasteiger partial charge in [-0.2, -0.15) is 0 Å². The van der Waals surface area contributed by atoms with E-state index in [1.807, 2.05) is 0 Å². The van der Waals surface area contributed by atoms with E-state index in [-0.39, 0.29) is 118 Å². The zero-order valence-corrected chi connectivity index (χ0v) is 10.4. The van der Waals surface area contributed by atoms with E-state index in [0.29, 0.717) is 0 Å². The summed E-state index contributed by atoms with van der Waals surface area (Å²) in [5.74, 6) is 0. The Kier molecular flexibility index (Phi) is 105. The van der Waals surface area contributed by atoms with E-state index in [1.54, 1.807) is 0 Å². The smallest absolute Gasteiger partial charge is 1.00 e. The van der Waals surface area contributed by atoms with Crippen molar-refractivity contribution in [1.29, 1.82) is 0 Å². The van der Waals surface area contributed by atoms with Crippen LogP contribution in [-0.4, -0.2) is 112 Å². The molecule has 0 fully saturated rings. The Bertz CT molecular complexity index is 16.0. The predicted octanol–water partition coefficient (Wildman–Crippen LogP) is -1.07. The molecule has 0 spiro atoms. The topological polar surface area (TPSA) is 0 Å². The van der Waals surface area contributed by atoms with Crippen molar-refractivity contribution in [2.45, 2.75) is 0 Å². The average molecular weight is 219 g/mol. The molecule has 4 heavy (non-hydrogen) atoms. The molecule has 0 bridgehead atoms. The van der Waals surface area contributed by atoms with Gasteiger partial charge < -0.3 is 5.71 Å². The zero-order chi connectivity index (χ0) is 0. The minimum atomic E-state index is 0. The molecular formula is H4AlBBaCa. The van der Waals surface area contributed by atoms with Gasteiger partial charge >= 0.3 is 86.6 Å². The molecule has 0 heterocycles. The van der Waals surface area contributed by atoms with Crippen molar-refractivity contribution in [2.24, 2.45) is 0 Å². The van der Waals surface area contributed by atoms with E-state index in [4.69, 9.17) is 0 Å². The maximum Gasteiger partial charge on any atom is 2.00 e. The molecule has 14 valence electrons. The Balaban J connectivity index is 0. The molecule has 0 N–H and O–H groups in total. The van der Waals surface area contributed by atoms with E-state index in [0.717, 1.165) is 0 Å². The summed E-state index contributed by atoms with van der Waals surface area (Å²) < 4.78 is 0. The van der Waals surface area contributed by atoms with Crippen LogP contribution in [0.4, 0.5) is 0 Å². The normalized spacial score (nSPS) is 0. The van der Waals surface area contributed by atoms with E-state index in [2.05, 4.69) is 0 Å². The molecule has 0 rings (SSSR count). The molecule has 0 atom stereocenters. The Morgan fingerprint density at radius 1 is 1.25 bits per heavy atom. The Hall–Kier alpha value is 3.43. The summed E-state index contributed by atoms with van der Waals surface area (Å²) in [4.78, 5) is 0. The standard InChI is InChI=1S/Al.B.Ba.Ca.4H/q;;2*+2;4*-1. The number of hydrogen-bond donors (Lipinski definition) is 0. The van der Waals surface area contributed by atoms with Crippen LogP contribution in [0.2, 0.25) is 0 Å². The van der Waals surface area contributed by atoms with Crippen LogP contribution < -0.4 is 0 Å². The third-order valence-electron chi connectivity index (χ3n) is 0. The summed E-state index contributed by atoms with van der Waals surface area (Å²) in [6, 6.07) is 0. The monoisotopic (exact) mass is 220 g/mol. The van der Waals surface area contributed by atoms with E-state index in [9.17, 15) is 0 Å². The first-order valence-corrected chi connectivity index (χ1v) is 0. The quantitative estimate of drug-likeness (QED) is 0.455. The first-order chi connectivity index (χ1) is 0. The minimum Gasteiger partial charge on any atom is -1.00 e. The Morgan fingerprint density at radius 2 is 1.25 bits per heavy atom. The maximum atomic E-state index is 0. The van der Waals surface area contributed by atoms with Crippen LogP contribution in [0.1, 0.15) is 5.71 Å². The second-order valence-corrected chi connectivity index (χ2v) is 0. The summed E-state index contributed by atoms with van der Waals surface area (Å²) in [7, 11) is 0. The summed E-state index contributed by atoms with van der Waals surface area (Å²) >= 11 is 0. The van der Waals surface area contributed by atoms with Crippen LogP contribution in [0.3, 0.4) is 0 Å². The molecule has 0 aromatic rings. The second-order valence-electron chi connectivity index (χ2n) is 0. The first-order valence-electron chi connectivity index (χ1n) is 0. The molecule has 0 saturated carbocycles. The van der Waals surface area contributed by atoms with Crippen molar-refractivity contribution in [2.75, 3.05) is 0 Å². The van der Waals surface area contributed by atoms with Gasteiger partial charge in [0.15, 0.2) is 0 Å². The number of rotatable bonds is 0. The van der Waals surface area contributed by atoms with E-state index < -0.39 is 0 Å². The van der Waals surface area contributed by atoms with Gasteiger partial charge in [0, 0.05) is 25.8 Å². The van der Waals surface area contributed by atoms with Gasteiger partial charge in [-0.25, -0.2) is 0 Å². The van der Waals surface area contributed by atoms with Gasteiger partial charge in [-0.05, 0) is 0 Å². The van der Waals surface area contributed by atoms with E-state index >= 15 is 0 Å². The third-order valence-corrected chi connectivity index (χ3v) is 0. The van der Waals surface area contributed by atoms with Crippen molar-refractivity contribution < 1.29 is 5.71 Å². The fourth-order valence-electron chi connectivity index (χ4n) is 0. The molecule has 6 radical (unpaired) electrons. The van der Waals surface area contributed by atoms with Crippen LogP contribution in [0.25, 0.3) is 0 Å². The fourth-order valence-corrected chi connectivity index (χ4v) is 0. The van der Waals surface area contributed by atoms with Crippen LogP contribution in [-0.2, 0) is 0 Å². The predicted molar refractivity (Wildman–Crippen MR) is 27.5 cm³/mol. The van der Waals surface area contributed by atoms with Gasteiger partial charge in [-0.1, -0.05) is 0 Å². The number of hydrogen-bond acceptors (Lipinski definition) is 0. The van der Waals surface area contributed by atoms with Gasteiger partial charge in [0.2, 0.25) is 0 Å². The van der Waals surface area contributed by atoms with Gasteiger partial charge in [-0.15, -0.1) is 0 Å². The minimum absolute atomic E-state index is 0. The SMILES string of the molecule is [Al].[B].[Ba+2].[Ca+2].[H-].[H-].[H-].[H-]. The molecule has 0 nitrogen and oxygen atoms in total. The Morgan fingerprint density at radius 3 is 1.25 bits per heavy atom. The summed E-state index contributed by atoms with van der Waals surface area (Å²) in [5, 5.41) is 0. The van der Waals surface area contributed by atoms with Crippen molar-refractivity contribution in [1.82, 2.24) is 0 Å². The molecule has 4 heteroatoms. The van der Waals surface area contributed by atoms with Gasteiger partial charge in [0.05, 0.1) is 0 Å². The van der Waals surface area contributed by atoms with Crippen LogP contribution >= 0.6 is 0 Å². The molecule has 0 amide bonds. The summed E-state index contributed by atoms with van der Waals surface area (Å²) in [6.45, 7) is 0. The molecule has 0 saturated heterocycles. The van der Waals surface area contributed by atoms with Gasteiger partial charge in [0.25, 0.3) is 0 Å². The summed E-state index contributed by atoms with van der Waals surface area (Å²) in [6.07, 6.45) is 0. The zero-order valence-electron chi connectivity index (χ0n) is 6.57. The van der Waals surface area contributed by atoms with Crippen molar-refractivity contribution in [3.05, 3.63) is 0 Å². The summed E-state index contributed by atoms with van der Waals surface area (Å²) in [5.41, 5.74) is 0. The van der Waals surface area contributed by atoms with Crippen molar-refractivity contribution >= 4 is 112 Å². The average Bonchev–Trinajstić information content (AvgIpc) is 0. The maximum absolute atomic E-state index is 0. The Labute approximate surface area is 115 Å². The third kappa shape index (κ3) is 9.06. The molecule has 0 unspecified atom stereocenters. The fraction of sp³-hybridized carbons (Fsp3) is 0. The largest absolute Gasteiger partial charge is 2.00 e. The first kappa shape index (κ1) is 26.1. The van der Waals surface area contributed by atoms with Crippen LogP contribution in [0, 0.1) is 0 Å². The molecule has 0 aromatic carbocycles. The molecule has 0 aliphatic heterocycles. The second kappa shape index (κ2) is 16.1. The molecule has 0 aliphatic rings. The van der Waals surface area contributed by atoms with Gasteiger partial charge in [-0.3, -0.25) is 0 Å². The van der Waals surface area contributed by atoms with E-state index in [1.165, 1.54) is 0 Å². The van der Waals surface area contributed by atoms with Gasteiger partial charge in [0.1, 0.15) is 0 Å². The molecule has 0 aliphatic carbocycles. The van der Waals surface area contributed by atoms with Crippen molar-refractivity contribution in [3.8, 4) is 0 Å². The van der Waals surface area contributed by atoms with Crippen LogP contribution in [0.5, 0.6) is 0 Å². The van der Waals surface area contributed by atoms with Crippen LogP contribution in [0.15, 0.2) is 0 Å². The van der Waals surface area contributed by atoms with Crippen molar-refractivity contribution in [3.63, 3.8) is 0 Å².